The molecule has 0 spiro atoms. The SMILES string of the molecule is CCP(CC)CC.F[B-](F)(F)F. The van der Waals surface area contributed by atoms with Crippen LogP contribution in [0.4, 0.5) is 17.3 Å². The summed E-state index contributed by atoms with van der Waals surface area (Å²) in [7, 11) is -5.55. The second kappa shape index (κ2) is 7.84. The van der Waals surface area contributed by atoms with Crippen LogP contribution in [0.1, 0.15) is 20.8 Å². The molecule has 0 amide bonds. The fraction of sp³-hybridized carbons (Fsp3) is 1.00. The Morgan fingerprint density at radius 3 is 1.00 bits per heavy atom. The largest absolute Gasteiger partial charge is 0.673 e. The van der Waals surface area contributed by atoms with Gasteiger partial charge in [-0.05, 0) is 18.5 Å². The third-order valence-corrected chi connectivity index (χ3v) is 4.02. The van der Waals surface area contributed by atoms with Crippen LogP contribution in [0.2, 0.25) is 0 Å². The van der Waals surface area contributed by atoms with Crippen molar-refractivity contribution in [3.8, 4) is 0 Å². The van der Waals surface area contributed by atoms with Gasteiger partial charge in [-0.2, -0.15) is 0 Å². The van der Waals surface area contributed by atoms with Gasteiger partial charge in [0.15, 0.2) is 0 Å². The zero-order valence-corrected chi connectivity index (χ0v) is 8.55. The molecule has 0 rings (SSSR count). The van der Waals surface area contributed by atoms with E-state index in [0.717, 1.165) is 0 Å². The van der Waals surface area contributed by atoms with Crippen LogP contribution in [0.3, 0.4) is 0 Å². The summed E-state index contributed by atoms with van der Waals surface area (Å²) in [5, 5.41) is 0. The van der Waals surface area contributed by atoms with Crippen molar-refractivity contribution in [3.63, 3.8) is 0 Å². The van der Waals surface area contributed by atoms with Crippen LogP contribution in [-0.4, -0.2) is 25.7 Å². The third-order valence-electron chi connectivity index (χ3n) is 1.34. The van der Waals surface area contributed by atoms with Gasteiger partial charge in [0.25, 0.3) is 0 Å². The van der Waals surface area contributed by atoms with Crippen LogP contribution in [0, 0.1) is 0 Å². The van der Waals surface area contributed by atoms with E-state index in [-0.39, 0.29) is 0 Å². The van der Waals surface area contributed by atoms with Gasteiger partial charge in [-0.1, -0.05) is 20.8 Å². The van der Waals surface area contributed by atoms with E-state index in [1.54, 1.807) is 0 Å². The Morgan fingerprint density at radius 1 is 0.833 bits per heavy atom. The molecule has 0 bridgehead atoms. The molecule has 0 saturated heterocycles. The lowest BCUT2D eigenvalue weighted by Crippen LogP contribution is -2.02. The molecule has 0 atom stereocenters. The van der Waals surface area contributed by atoms with E-state index in [9.17, 15) is 17.3 Å². The minimum atomic E-state index is -6.00. The maximum atomic E-state index is 9.75. The molecule has 0 fully saturated rings. The van der Waals surface area contributed by atoms with E-state index in [0.29, 0.717) is 7.92 Å². The fourth-order valence-corrected chi connectivity index (χ4v) is 2.01. The normalized spacial score (nSPS) is 11.0. The maximum Gasteiger partial charge on any atom is 0.673 e. The first kappa shape index (κ1) is 14.7. The van der Waals surface area contributed by atoms with E-state index < -0.39 is 7.25 Å². The fourth-order valence-electron chi connectivity index (χ4n) is 0.671. The van der Waals surface area contributed by atoms with Crippen molar-refractivity contribution < 1.29 is 17.3 Å². The van der Waals surface area contributed by atoms with Crippen LogP contribution >= 0.6 is 7.92 Å². The Labute approximate surface area is 72.6 Å². The second-order valence-electron chi connectivity index (χ2n) is 2.11. The summed E-state index contributed by atoms with van der Waals surface area (Å²) in [6.45, 7) is 6.87. The average Bonchev–Trinajstić information content (AvgIpc) is 1.88. The summed E-state index contributed by atoms with van der Waals surface area (Å²) < 4.78 is 39.0. The van der Waals surface area contributed by atoms with Gasteiger partial charge in [-0.3, -0.25) is 0 Å². The Bertz CT molecular complexity index is 80.5. The lowest BCUT2D eigenvalue weighted by atomic mass is 10.3. The first-order chi connectivity index (χ1) is 5.35. The lowest BCUT2D eigenvalue weighted by Gasteiger charge is -2.07. The molecule has 0 nitrogen and oxygen atoms in total. The molecule has 0 aromatic heterocycles. The quantitative estimate of drug-likeness (QED) is 0.373. The van der Waals surface area contributed by atoms with E-state index >= 15 is 0 Å². The van der Waals surface area contributed by atoms with Crippen molar-refractivity contribution in [2.24, 2.45) is 0 Å². The molecule has 0 saturated carbocycles. The van der Waals surface area contributed by atoms with Gasteiger partial charge >= 0.3 is 7.25 Å². The molecule has 0 unspecified atom stereocenters. The highest BCUT2D eigenvalue weighted by molar-refractivity contribution is 7.57. The summed E-state index contributed by atoms with van der Waals surface area (Å²) >= 11 is 0. The molecule has 0 N–H and O–H groups in total. The van der Waals surface area contributed by atoms with Gasteiger partial charge in [0.1, 0.15) is 0 Å². The molecular weight excluding hydrogens is 190 g/mol. The van der Waals surface area contributed by atoms with Gasteiger partial charge in [0.05, 0.1) is 0 Å². The van der Waals surface area contributed by atoms with E-state index in [1.165, 1.54) is 18.5 Å². The highest BCUT2D eigenvalue weighted by atomic mass is 31.1. The minimum absolute atomic E-state index is 0.446. The number of rotatable bonds is 3. The first-order valence-electron chi connectivity index (χ1n) is 3.94. The number of hydrogen-bond donors (Lipinski definition) is 0. The van der Waals surface area contributed by atoms with Crippen molar-refractivity contribution in [1.29, 1.82) is 0 Å². The standard InChI is InChI=1S/C6H15P.BF4/c1-4-7(5-2)6-3;2-1(3,4)5/h4-6H2,1-3H3;/q;-1. The van der Waals surface area contributed by atoms with Gasteiger partial charge < -0.3 is 17.3 Å². The molecule has 0 aromatic rings. The summed E-state index contributed by atoms with van der Waals surface area (Å²) in [4.78, 5) is 0. The summed E-state index contributed by atoms with van der Waals surface area (Å²) in [6, 6.07) is 0. The smallest absolute Gasteiger partial charge is 0.418 e. The molecule has 0 heterocycles. The predicted octanol–water partition coefficient (Wildman–Crippen LogP) is 3.83. The molecule has 12 heavy (non-hydrogen) atoms. The predicted molar refractivity (Wildman–Crippen MR) is 48.7 cm³/mol. The van der Waals surface area contributed by atoms with E-state index in [4.69, 9.17) is 0 Å². The summed E-state index contributed by atoms with van der Waals surface area (Å²) in [6.07, 6.45) is 4.26. The minimum Gasteiger partial charge on any atom is -0.418 e. The topological polar surface area (TPSA) is 0 Å². The lowest BCUT2D eigenvalue weighted by molar-refractivity contribution is 0.368. The van der Waals surface area contributed by atoms with Gasteiger partial charge in [-0.25, -0.2) is 0 Å². The highest BCUT2D eigenvalue weighted by Crippen LogP contribution is 2.32. The summed E-state index contributed by atoms with van der Waals surface area (Å²) in [5.41, 5.74) is 0. The Balaban J connectivity index is 0. The average molecular weight is 205 g/mol. The van der Waals surface area contributed by atoms with E-state index in [1.807, 2.05) is 0 Å². The zero-order chi connectivity index (χ0) is 10.2. The second-order valence-corrected chi connectivity index (χ2v) is 5.35. The van der Waals surface area contributed by atoms with Crippen LogP contribution in [0.15, 0.2) is 0 Å². The first-order valence-corrected chi connectivity index (χ1v) is 5.84. The van der Waals surface area contributed by atoms with Crippen molar-refractivity contribution in [2.75, 3.05) is 18.5 Å². The number of halogens is 4. The Kier molecular flexibility index (Phi) is 9.62. The maximum absolute atomic E-state index is 9.75. The third kappa shape index (κ3) is 22.5. The monoisotopic (exact) mass is 205 g/mol. The van der Waals surface area contributed by atoms with Gasteiger partial charge in [0, 0.05) is 0 Å². The molecule has 0 aliphatic carbocycles. The van der Waals surface area contributed by atoms with Gasteiger partial charge in [-0.15, -0.1) is 7.92 Å². The van der Waals surface area contributed by atoms with Crippen molar-refractivity contribution >= 4 is 15.2 Å². The highest BCUT2D eigenvalue weighted by Gasteiger charge is 2.20. The molecule has 0 aliphatic rings. The van der Waals surface area contributed by atoms with Crippen molar-refractivity contribution in [2.45, 2.75) is 20.8 Å². The van der Waals surface area contributed by atoms with Crippen LogP contribution in [0.25, 0.3) is 0 Å². The molecular formula is C6H15BF4P-. The Morgan fingerprint density at radius 2 is 1.00 bits per heavy atom. The van der Waals surface area contributed by atoms with Crippen LogP contribution in [0.5, 0.6) is 0 Å². The molecule has 0 aliphatic heterocycles. The number of hydrogen-bond acceptors (Lipinski definition) is 0. The molecule has 0 radical (unpaired) electrons. The van der Waals surface area contributed by atoms with Crippen molar-refractivity contribution in [3.05, 3.63) is 0 Å². The zero-order valence-electron chi connectivity index (χ0n) is 7.66. The molecule has 0 aromatic carbocycles. The van der Waals surface area contributed by atoms with Gasteiger partial charge in [0.2, 0.25) is 0 Å². The van der Waals surface area contributed by atoms with Crippen molar-refractivity contribution in [1.82, 2.24) is 0 Å². The Hall–Kier alpha value is 0.215. The molecule has 76 valence electrons. The van der Waals surface area contributed by atoms with Crippen LogP contribution in [-0.2, 0) is 0 Å². The summed E-state index contributed by atoms with van der Waals surface area (Å²) in [5.74, 6) is 0. The van der Waals surface area contributed by atoms with E-state index in [2.05, 4.69) is 20.8 Å². The van der Waals surface area contributed by atoms with Crippen LogP contribution < -0.4 is 0 Å². The molecule has 6 heteroatoms.